The summed E-state index contributed by atoms with van der Waals surface area (Å²) in [6.07, 6.45) is 3.37. The number of aliphatic hydroxyl groups is 1. The first-order valence-corrected chi connectivity index (χ1v) is 6.18. The smallest absolute Gasteiger partial charge is 0.279 e. The molecule has 0 spiro atoms. The molecule has 0 aliphatic carbocycles. The number of nitrogens with zero attached hydrogens (tertiary/aromatic N) is 3. The largest absolute Gasteiger partial charge is 0.396 e. The zero-order valence-electron chi connectivity index (χ0n) is 10.7. The molecule has 0 unspecified atom stereocenters. The highest BCUT2D eigenvalue weighted by Gasteiger charge is 2.12. The molecule has 0 radical (unpaired) electrons. The molecule has 0 fully saturated rings. The van der Waals surface area contributed by atoms with Crippen molar-refractivity contribution in [3.63, 3.8) is 0 Å². The molecule has 2 heterocycles. The molecule has 2 aromatic rings. The van der Waals surface area contributed by atoms with E-state index in [2.05, 4.69) is 21.9 Å². The van der Waals surface area contributed by atoms with Crippen molar-refractivity contribution in [2.24, 2.45) is 5.92 Å². The number of aryl methyl sites for hydroxylation is 1. The Morgan fingerprint density at radius 3 is 3.00 bits per heavy atom. The highest BCUT2D eigenvalue weighted by Crippen LogP contribution is 2.14. The number of H-pyrrole nitrogens is 1. The second kappa shape index (κ2) is 5.30. The van der Waals surface area contributed by atoms with Gasteiger partial charge < -0.3 is 14.7 Å². The summed E-state index contributed by atoms with van der Waals surface area (Å²) in [4.78, 5) is 22.7. The minimum absolute atomic E-state index is 0.179. The molecule has 0 aliphatic rings. The lowest BCUT2D eigenvalue weighted by Crippen LogP contribution is -2.14. The van der Waals surface area contributed by atoms with Crippen LogP contribution in [0.25, 0.3) is 11.2 Å². The molecule has 18 heavy (non-hydrogen) atoms. The Balaban J connectivity index is 2.37. The van der Waals surface area contributed by atoms with E-state index in [1.165, 1.54) is 0 Å². The summed E-state index contributed by atoms with van der Waals surface area (Å²) in [5.41, 5.74) is 0.790. The first kappa shape index (κ1) is 12.8. The Morgan fingerprint density at radius 1 is 1.56 bits per heavy atom. The van der Waals surface area contributed by atoms with Crippen LogP contribution in [0.2, 0.25) is 0 Å². The maximum absolute atomic E-state index is 11.7. The highest BCUT2D eigenvalue weighted by molar-refractivity contribution is 5.69. The Morgan fingerprint density at radius 2 is 2.33 bits per heavy atom. The molecule has 0 aromatic carbocycles. The van der Waals surface area contributed by atoms with Gasteiger partial charge in [-0.3, -0.25) is 4.79 Å². The van der Waals surface area contributed by atoms with Crippen molar-refractivity contribution < 1.29 is 5.11 Å². The number of fused-ring (bicyclic) bond motifs is 1. The van der Waals surface area contributed by atoms with E-state index in [1.54, 1.807) is 13.3 Å². The number of aromatic amines is 1. The molecule has 0 saturated heterocycles. The molecule has 1 atom stereocenters. The standard InChI is InChI=1S/C12H18N4O2/c1-3-9(4-5-17)6-16-7-13-10-11(16)14-8(2)15-12(10)18/h7,9,17H,3-6H2,1-2H3,(H,14,15,18)/t9-/m1/s1. The van der Waals surface area contributed by atoms with Gasteiger partial charge in [0, 0.05) is 13.2 Å². The van der Waals surface area contributed by atoms with E-state index >= 15 is 0 Å². The number of imidazole rings is 1. The predicted molar refractivity (Wildman–Crippen MR) is 68.4 cm³/mol. The number of hydrogen-bond donors (Lipinski definition) is 2. The van der Waals surface area contributed by atoms with Crippen molar-refractivity contribution in [2.75, 3.05) is 6.61 Å². The van der Waals surface area contributed by atoms with Crippen molar-refractivity contribution >= 4 is 11.2 Å². The maximum atomic E-state index is 11.7. The van der Waals surface area contributed by atoms with E-state index in [0.29, 0.717) is 22.9 Å². The summed E-state index contributed by atoms with van der Waals surface area (Å²) < 4.78 is 1.89. The van der Waals surface area contributed by atoms with Gasteiger partial charge in [0.2, 0.25) is 0 Å². The number of nitrogens with one attached hydrogen (secondary N) is 1. The molecule has 0 amide bonds. The highest BCUT2D eigenvalue weighted by atomic mass is 16.3. The Bertz CT molecular complexity index is 587. The van der Waals surface area contributed by atoms with E-state index in [9.17, 15) is 4.79 Å². The topological polar surface area (TPSA) is 83.8 Å². The summed E-state index contributed by atoms with van der Waals surface area (Å²) in [7, 11) is 0. The molecule has 0 aliphatic heterocycles. The number of rotatable bonds is 5. The predicted octanol–water partition coefficient (Wildman–Crippen LogP) is 0.837. The summed E-state index contributed by atoms with van der Waals surface area (Å²) in [6, 6.07) is 0. The fourth-order valence-electron chi connectivity index (χ4n) is 2.08. The molecule has 6 nitrogen and oxygen atoms in total. The van der Waals surface area contributed by atoms with Crippen molar-refractivity contribution in [2.45, 2.75) is 33.2 Å². The van der Waals surface area contributed by atoms with Crippen molar-refractivity contribution in [3.05, 3.63) is 22.5 Å². The van der Waals surface area contributed by atoms with Crippen molar-refractivity contribution in [3.8, 4) is 0 Å². The van der Waals surface area contributed by atoms with Gasteiger partial charge in [-0.15, -0.1) is 0 Å². The minimum atomic E-state index is -0.202. The quantitative estimate of drug-likeness (QED) is 0.823. The zero-order valence-corrected chi connectivity index (χ0v) is 10.7. The lowest BCUT2D eigenvalue weighted by atomic mass is 10.0. The van der Waals surface area contributed by atoms with Gasteiger partial charge >= 0.3 is 0 Å². The second-order valence-corrected chi connectivity index (χ2v) is 4.51. The minimum Gasteiger partial charge on any atom is -0.396 e. The first-order chi connectivity index (χ1) is 8.65. The fraction of sp³-hybridized carbons (Fsp3) is 0.583. The number of hydrogen-bond acceptors (Lipinski definition) is 4. The Hall–Kier alpha value is -1.69. The van der Waals surface area contributed by atoms with Crippen LogP contribution in [0.1, 0.15) is 25.6 Å². The van der Waals surface area contributed by atoms with E-state index < -0.39 is 0 Å². The maximum Gasteiger partial charge on any atom is 0.279 e. The second-order valence-electron chi connectivity index (χ2n) is 4.51. The molecule has 0 saturated carbocycles. The molecule has 6 heteroatoms. The van der Waals surface area contributed by atoms with Crippen LogP contribution in [0.3, 0.4) is 0 Å². The van der Waals surface area contributed by atoms with Gasteiger partial charge in [0.15, 0.2) is 11.2 Å². The van der Waals surface area contributed by atoms with E-state index in [0.717, 1.165) is 19.4 Å². The average molecular weight is 250 g/mol. The van der Waals surface area contributed by atoms with Gasteiger partial charge in [0.05, 0.1) is 6.33 Å². The third kappa shape index (κ3) is 2.43. The van der Waals surface area contributed by atoms with Crippen LogP contribution in [0, 0.1) is 12.8 Å². The molecule has 2 N–H and O–H groups in total. The van der Waals surface area contributed by atoms with Crippen LogP contribution in [0.5, 0.6) is 0 Å². The van der Waals surface area contributed by atoms with Crippen LogP contribution < -0.4 is 5.56 Å². The van der Waals surface area contributed by atoms with E-state index in [-0.39, 0.29) is 12.2 Å². The normalized spacial score (nSPS) is 13.1. The van der Waals surface area contributed by atoms with Gasteiger partial charge in [-0.1, -0.05) is 13.3 Å². The summed E-state index contributed by atoms with van der Waals surface area (Å²) in [6.45, 7) is 4.75. The lowest BCUT2D eigenvalue weighted by molar-refractivity contribution is 0.244. The molecule has 98 valence electrons. The van der Waals surface area contributed by atoms with Gasteiger partial charge in [-0.25, -0.2) is 9.97 Å². The summed E-state index contributed by atoms with van der Waals surface area (Å²) in [5.74, 6) is 0.957. The summed E-state index contributed by atoms with van der Waals surface area (Å²) >= 11 is 0. The van der Waals surface area contributed by atoms with Crippen LogP contribution in [0.4, 0.5) is 0 Å². The number of aliphatic hydroxyl groups excluding tert-OH is 1. The molecular formula is C12H18N4O2. The monoisotopic (exact) mass is 250 g/mol. The zero-order chi connectivity index (χ0) is 13.1. The van der Waals surface area contributed by atoms with E-state index in [4.69, 9.17) is 5.11 Å². The summed E-state index contributed by atoms with van der Waals surface area (Å²) in [5, 5.41) is 9.00. The number of aromatic nitrogens is 4. The van der Waals surface area contributed by atoms with Gasteiger partial charge in [0.25, 0.3) is 5.56 Å². The van der Waals surface area contributed by atoms with Gasteiger partial charge in [-0.2, -0.15) is 0 Å². The fourth-order valence-corrected chi connectivity index (χ4v) is 2.08. The Labute approximate surface area is 105 Å². The van der Waals surface area contributed by atoms with Gasteiger partial charge in [-0.05, 0) is 19.3 Å². The van der Waals surface area contributed by atoms with Crippen molar-refractivity contribution in [1.82, 2.24) is 19.5 Å². The first-order valence-electron chi connectivity index (χ1n) is 6.18. The van der Waals surface area contributed by atoms with E-state index in [1.807, 2.05) is 4.57 Å². The third-order valence-corrected chi connectivity index (χ3v) is 3.16. The lowest BCUT2D eigenvalue weighted by Gasteiger charge is -2.14. The molecule has 2 rings (SSSR count). The van der Waals surface area contributed by atoms with Crippen LogP contribution in [-0.2, 0) is 6.54 Å². The molecule has 2 aromatic heterocycles. The van der Waals surface area contributed by atoms with Gasteiger partial charge in [0.1, 0.15) is 5.82 Å². The van der Waals surface area contributed by atoms with Crippen molar-refractivity contribution in [1.29, 1.82) is 0 Å². The van der Waals surface area contributed by atoms with Crippen LogP contribution in [0.15, 0.2) is 11.1 Å². The molecule has 0 bridgehead atoms. The third-order valence-electron chi connectivity index (χ3n) is 3.16. The average Bonchev–Trinajstić information content (AvgIpc) is 2.72. The van der Waals surface area contributed by atoms with Crippen LogP contribution in [-0.4, -0.2) is 31.2 Å². The van der Waals surface area contributed by atoms with Crippen LogP contribution >= 0.6 is 0 Å². The SMILES string of the molecule is CC[C@H](CCO)Cn1cnc2c(=O)[nH]c(C)nc21. The molecular weight excluding hydrogens is 232 g/mol. The Kier molecular flexibility index (Phi) is 3.76.